The van der Waals surface area contributed by atoms with Crippen LogP contribution < -0.4 is 10.1 Å². The van der Waals surface area contributed by atoms with E-state index in [1.807, 2.05) is 0 Å². The first-order valence-corrected chi connectivity index (χ1v) is 5.91. The maximum absolute atomic E-state index is 12.9. The lowest BCUT2D eigenvalue weighted by atomic mass is 10.2. The molecule has 0 amide bonds. The van der Waals surface area contributed by atoms with Crippen molar-refractivity contribution < 1.29 is 18.7 Å². The molecule has 0 saturated carbocycles. The van der Waals surface area contributed by atoms with Crippen molar-refractivity contribution in [2.75, 3.05) is 13.7 Å². The van der Waals surface area contributed by atoms with Crippen LogP contribution in [-0.4, -0.2) is 31.8 Å². The van der Waals surface area contributed by atoms with Crippen LogP contribution in [0.5, 0.6) is 5.75 Å². The van der Waals surface area contributed by atoms with E-state index in [0.717, 1.165) is 0 Å². The number of methoxy groups -OCH3 is 1. The Hall–Kier alpha value is -1.33. The Morgan fingerprint density at radius 1 is 1.56 bits per heavy atom. The lowest BCUT2D eigenvalue weighted by Crippen LogP contribution is -2.31. The molecule has 0 radical (unpaired) electrons. The molecule has 1 aromatic rings. The van der Waals surface area contributed by atoms with Gasteiger partial charge >= 0.3 is 5.97 Å². The summed E-state index contributed by atoms with van der Waals surface area (Å²) in [5.41, 5.74) is 0. The number of esters is 1. The number of hydrogen-bond donors (Lipinski definition) is 1. The van der Waals surface area contributed by atoms with Crippen molar-refractivity contribution in [1.29, 1.82) is 0 Å². The van der Waals surface area contributed by atoms with E-state index in [1.165, 1.54) is 25.3 Å². The fraction of sp³-hybridized carbons (Fsp3) is 0.417. The maximum Gasteiger partial charge on any atom is 0.323 e. The highest BCUT2D eigenvalue weighted by Crippen LogP contribution is 2.27. The van der Waals surface area contributed by atoms with Crippen LogP contribution in [0.2, 0.25) is 5.02 Å². The molecule has 0 spiro atoms. The van der Waals surface area contributed by atoms with E-state index < -0.39 is 5.82 Å². The van der Waals surface area contributed by atoms with Crippen LogP contribution in [-0.2, 0) is 9.53 Å². The third-order valence-electron chi connectivity index (χ3n) is 2.76. The first-order chi connectivity index (χ1) is 8.60. The summed E-state index contributed by atoms with van der Waals surface area (Å²) in [6, 6.07) is 3.58. The van der Waals surface area contributed by atoms with Crippen LogP contribution in [0.15, 0.2) is 18.2 Å². The smallest absolute Gasteiger partial charge is 0.323 e. The van der Waals surface area contributed by atoms with Gasteiger partial charge in [-0.15, -0.1) is 0 Å². The van der Waals surface area contributed by atoms with E-state index in [-0.39, 0.29) is 23.1 Å². The van der Waals surface area contributed by atoms with Gasteiger partial charge in [0.1, 0.15) is 23.7 Å². The van der Waals surface area contributed by atoms with Crippen LogP contribution in [0.1, 0.15) is 6.42 Å². The Bertz CT molecular complexity index is 455. The van der Waals surface area contributed by atoms with E-state index in [1.54, 1.807) is 0 Å². The molecule has 2 atom stereocenters. The zero-order chi connectivity index (χ0) is 13.1. The second-order valence-electron chi connectivity index (χ2n) is 4.03. The quantitative estimate of drug-likeness (QED) is 0.853. The zero-order valence-electron chi connectivity index (χ0n) is 9.78. The van der Waals surface area contributed by atoms with Crippen LogP contribution in [0.3, 0.4) is 0 Å². The molecular weight excluding hydrogens is 261 g/mol. The summed E-state index contributed by atoms with van der Waals surface area (Å²) in [6.07, 6.45) is 0.317. The van der Waals surface area contributed by atoms with Crippen molar-refractivity contribution in [2.45, 2.75) is 18.6 Å². The third kappa shape index (κ3) is 2.91. The van der Waals surface area contributed by atoms with Gasteiger partial charge in [-0.3, -0.25) is 4.79 Å². The van der Waals surface area contributed by atoms with Crippen LogP contribution in [0.4, 0.5) is 4.39 Å². The fourth-order valence-electron chi connectivity index (χ4n) is 1.87. The topological polar surface area (TPSA) is 47.6 Å². The second kappa shape index (κ2) is 5.54. The lowest BCUT2D eigenvalue weighted by Gasteiger charge is -2.13. The summed E-state index contributed by atoms with van der Waals surface area (Å²) in [5, 5.41) is 3.21. The molecule has 4 nitrogen and oxygen atoms in total. The SMILES string of the molecule is COC(=O)C1CC(Oc2ccc(F)cc2Cl)CN1. The Balaban J connectivity index is 1.97. The van der Waals surface area contributed by atoms with E-state index in [9.17, 15) is 9.18 Å². The molecule has 2 rings (SSSR count). The molecule has 1 aliphatic heterocycles. The summed E-state index contributed by atoms with van der Waals surface area (Å²) < 4.78 is 23.1. The molecule has 0 bridgehead atoms. The normalized spacial score (nSPS) is 22.8. The number of nitrogens with one attached hydrogen (secondary N) is 1. The number of ether oxygens (including phenoxy) is 2. The molecule has 1 aliphatic rings. The number of halogens is 2. The summed E-state index contributed by atoms with van der Waals surface area (Å²) in [4.78, 5) is 11.3. The maximum atomic E-state index is 12.9. The Kier molecular flexibility index (Phi) is 4.04. The largest absolute Gasteiger partial charge is 0.487 e. The van der Waals surface area contributed by atoms with Gasteiger partial charge < -0.3 is 14.8 Å². The van der Waals surface area contributed by atoms with Crippen LogP contribution in [0, 0.1) is 5.82 Å². The minimum atomic E-state index is -0.413. The van der Waals surface area contributed by atoms with Gasteiger partial charge in [-0.1, -0.05) is 11.6 Å². The highest BCUT2D eigenvalue weighted by atomic mass is 35.5. The molecule has 1 saturated heterocycles. The van der Waals surface area contributed by atoms with Crippen molar-refractivity contribution in [3.05, 3.63) is 29.0 Å². The van der Waals surface area contributed by atoms with Gasteiger partial charge in [0.15, 0.2) is 0 Å². The molecule has 2 unspecified atom stereocenters. The molecule has 6 heteroatoms. The standard InChI is InChI=1S/C12H13ClFNO3/c1-17-12(16)10-5-8(6-15-10)18-11-3-2-7(14)4-9(11)13/h2-4,8,10,15H,5-6H2,1H3. The summed E-state index contributed by atoms with van der Waals surface area (Å²) in [6.45, 7) is 0.521. The average molecular weight is 274 g/mol. The Morgan fingerprint density at radius 3 is 3.00 bits per heavy atom. The molecule has 1 aromatic carbocycles. The Morgan fingerprint density at radius 2 is 2.33 bits per heavy atom. The minimum absolute atomic E-state index is 0.183. The van der Waals surface area contributed by atoms with Crippen molar-refractivity contribution in [2.24, 2.45) is 0 Å². The summed E-state index contributed by atoms with van der Waals surface area (Å²) >= 11 is 5.86. The lowest BCUT2D eigenvalue weighted by molar-refractivity contribution is -0.142. The summed E-state index contributed by atoms with van der Waals surface area (Å²) in [5.74, 6) is -0.314. The first kappa shape index (κ1) is 13.1. The molecule has 1 fully saturated rings. The molecule has 0 aromatic heterocycles. The van der Waals surface area contributed by atoms with E-state index in [0.29, 0.717) is 18.7 Å². The number of benzene rings is 1. The van der Waals surface area contributed by atoms with Crippen LogP contribution in [0.25, 0.3) is 0 Å². The molecule has 18 heavy (non-hydrogen) atoms. The second-order valence-corrected chi connectivity index (χ2v) is 4.44. The molecular formula is C12H13ClFNO3. The molecule has 1 N–H and O–H groups in total. The number of carbonyl (C=O) groups is 1. The third-order valence-corrected chi connectivity index (χ3v) is 3.06. The van der Waals surface area contributed by atoms with Crippen molar-refractivity contribution >= 4 is 17.6 Å². The van der Waals surface area contributed by atoms with Gasteiger partial charge in [0.05, 0.1) is 12.1 Å². The number of rotatable bonds is 3. The summed E-state index contributed by atoms with van der Waals surface area (Å²) in [7, 11) is 1.34. The molecule has 0 aliphatic carbocycles. The predicted octanol–water partition coefficient (Wildman–Crippen LogP) is 1.76. The zero-order valence-corrected chi connectivity index (χ0v) is 10.5. The van der Waals surface area contributed by atoms with Gasteiger partial charge in [0.25, 0.3) is 0 Å². The van der Waals surface area contributed by atoms with Crippen molar-refractivity contribution in [3.8, 4) is 5.75 Å². The van der Waals surface area contributed by atoms with E-state index in [4.69, 9.17) is 16.3 Å². The highest BCUT2D eigenvalue weighted by molar-refractivity contribution is 6.32. The average Bonchev–Trinajstić information content (AvgIpc) is 2.80. The first-order valence-electron chi connectivity index (χ1n) is 5.53. The van der Waals surface area contributed by atoms with Crippen molar-refractivity contribution in [1.82, 2.24) is 5.32 Å². The number of hydrogen-bond acceptors (Lipinski definition) is 4. The minimum Gasteiger partial charge on any atom is -0.487 e. The van der Waals surface area contributed by atoms with E-state index >= 15 is 0 Å². The van der Waals surface area contributed by atoms with Gasteiger partial charge in [-0.25, -0.2) is 4.39 Å². The van der Waals surface area contributed by atoms with Gasteiger partial charge in [-0.2, -0.15) is 0 Å². The fourth-order valence-corrected chi connectivity index (χ4v) is 2.08. The van der Waals surface area contributed by atoms with Gasteiger partial charge in [0, 0.05) is 13.0 Å². The van der Waals surface area contributed by atoms with Gasteiger partial charge in [0.2, 0.25) is 0 Å². The monoisotopic (exact) mass is 273 g/mol. The van der Waals surface area contributed by atoms with Crippen molar-refractivity contribution in [3.63, 3.8) is 0 Å². The highest BCUT2D eigenvalue weighted by Gasteiger charge is 2.31. The number of carbonyl (C=O) groups excluding carboxylic acids is 1. The molecule has 1 heterocycles. The van der Waals surface area contributed by atoms with E-state index in [2.05, 4.69) is 10.1 Å². The molecule has 98 valence electrons. The van der Waals surface area contributed by atoms with Crippen LogP contribution >= 0.6 is 11.6 Å². The predicted molar refractivity (Wildman–Crippen MR) is 64.2 cm³/mol. The van der Waals surface area contributed by atoms with Gasteiger partial charge in [-0.05, 0) is 18.2 Å². The Labute approximate surface area is 109 Å².